The average molecular weight is 281 g/mol. The highest BCUT2D eigenvalue weighted by Gasteiger charge is 2.24. The van der Waals surface area contributed by atoms with Gasteiger partial charge in [-0.15, -0.1) is 0 Å². The molecule has 0 unspecified atom stereocenters. The van der Waals surface area contributed by atoms with Crippen LogP contribution < -0.4 is 5.32 Å². The molecule has 3 N–H and O–H groups in total. The third-order valence-electron chi connectivity index (χ3n) is 2.34. The van der Waals surface area contributed by atoms with E-state index in [-0.39, 0.29) is 12.2 Å². The molecule has 0 radical (unpaired) electrons. The number of rotatable bonds is 4. The monoisotopic (exact) mass is 281 g/mol. The Morgan fingerprint density at radius 2 is 2.00 bits per heavy atom. The van der Waals surface area contributed by atoms with Gasteiger partial charge in [-0.25, -0.2) is 9.59 Å². The number of carbonyl (C=O) groups excluding carboxylic acids is 1. The third-order valence-corrected chi connectivity index (χ3v) is 2.34. The van der Waals surface area contributed by atoms with E-state index < -0.39 is 23.7 Å². The van der Waals surface area contributed by atoms with Crippen molar-refractivity contribution in [1.82, 2.24) is 5.32 Å². The number of hydrogen-bond donors (Lipinski definition) is 3. The highest BCUT2D eigenvalue weighted by atomic mass is 16.6. The van der Waals surface area contributed by atoms with Gasteiger partial charge in [-0.3, -0.25) is 0 Å². The van der Waals surface area contributed by atoms with Crippen LogP contribution in [0.2, 0.25) is 0 Å². The summed E-state index contributed by atoms with van der Waals surface area (Å²) in [5.74, 6) is -1.12. The van der Waals surface area contributed by atoms with E-state index >= 15 is 0 Å². The van der Waals surface area contributed by atoms with E-state index in [1.165, 1.54) is 12.1 Å². The van der Waals surface area contributed by atoms with Crippen molar-refractivity contribution in [3.63, 3.8) is 0 Å². The summed E-state index contributed by atoms with van der Waals surface area (Å²) in [6, 6.07) is 5.10. The van der Waals surface area contributed by atoms with Crippen LogP contribution in [0.5, 0.6) is 5.75 Å². The molecule has 0 bridgehead atoms. The molecule has 1 aromatic rings. The number of hydrogen-bond acceptors (Lipinski definition) is 4. The molecule has 6 nitrogen and oxygen atoms in total. The summed E-state index contributed by atoms with van der Waals surface area (Å²) >= 11 is 0. The molecule has 1 rings (SSSR count). The predicted octanol–water partition coefficient (Wildman–Crippen LogP) is 1.91. The number of ether oxygens (including phenoxy) is 1. The van der Waals surface area contributed by atoms with E-state index in [1.807, 2.05) is 0 Å². The van der Waals surface area contributed by atoms with Crippen LogP contribution in [0.3, 0.4) is 0 Å². The van der Waals surface area contributed by atoms with Crippen molar-refractivity contribution in [1.29, 1.82) is 0 Å². The lowest BCUT2D eigenvalue weighted by atomic mass is 10.1. The van der Waals surface area contributed by atoms with Gasteiger partial charge in [0.1, 0.15) is 17.4 Å². The van der Waals surface area contributed by atoms with Crippen molar-refractivity contribution in [2.75, 3.05) is 0 Å². The molecule has 0 heterocycles. The van der Waals surface area contributed by atoms with Crippen LogP contribution in [0.4, 0.5) is 4.79 Å². The molecular formula is C14H19NO5. The van der Waals surface area contributed by atoms with Gasteiger partial charge >= 0.3 is 12.1 Å². The van der Waals surface area contributed by atoms with Crippen molar-refractivity contribution in [2.24, 2.45) is 0 Å². The first kappa shape index (κ1) is 15.8. The van der Waals surface area contributed by atoms with Crippen molar-refractivity contribution in [3.8, 4) is 5.75 Å². The van der Waals surface area contributed by atoms with Crippen molar-refractivity contribution >= 4 is 12.1 Å². The zero-order chi connectivity index (χ0) is 15.3. The second-order valence-electron chi connectivity index (χ2n) is 5.41. The molecule has 0 saturated carbocycles. The number of aliphatic carboxylic acids is 1. The number of carboxylic acid groups (broad SMARTS) is 1. The Morgan fingerprint density at radius 1 is 1.35 bits per heavy atom. The van der Waals surface area contributed by atoms with Gasteiger partial charge in [0.2, 0.25) is 0 Å². The first-order chi connectivity index (χ1) is 9.17. The van der Waals surface area contributed by atoms with Crippen LogP contribution in [0.1, 0.15) is 26.3 Å². The van der Waals surface area contributed by atoms with Crippen molar-refractivity contribution < 1.29 is 24.5 Å². The number of carboxylic acids is 1. The fraction of sp³-hybridized carbons (Fsp3) is 0.429. The topological polar surface area (TPSA) is 95.9 Å². The van der Waals surface area contributed by atoms with Crippen LogP contribution in [-0.2, 0) is 16.0 Å². The number of aromatic hydroxyl groups is 1. The minimum absolute atomic E-state index is 0.0453. The van der Waals surface area contributed by atoms with Gasteiger partial charge in [-0.1, -0.05) is 12.1 Å². The number of phenolic OH excluding ortho intramolecular Hbond substituents is 1. The minimum Gasteiger partial charge on any atom is -0.508 e. The average Bonchev–Trinajstić information content (AvgIpc) is 2.25. The van der Waals surface area contributed by atoms with Crippen LogP contribution in [-0.4, -0.2) is 33.9 Å². The maximum Gasteiger partial charge on any atom is 0.408 e. The minimum atomic E-state index is -1.17. The molecule has 20 heavy (non-hydrogen) atoms. The molecule has 1 aromatic carbocycles. The van der Waals surface area contributed by atoms with Crippen molar-refractivity contribution in [3.05, 3.63) is 29.8 Å². The van der Waals surface area contributed by atoms with E-state index in [9.17, 15) is 14.7 Å². The molecule has 6 heteroatoms. The van der Waals surface area contributed by atoms with Gasteiger partial charge in [0.05, 0.1) is 0 Å². The second-order valence-corrected chi connectivity index (χ2v) is 5.41. The first-order valence-corrected chi connectivity index (χ1v) is 6.17. The Bertz CT molecular complexity index is 493. The Labute approximate surface area is 117 Å². The Morgan fingerprint density at radius 3 is 2.50 bits per heavy atom. The van der Waals surface area contributed by atoms with Gasteiger partial charge in [0, 0.05) is 6.42 Å². The van der Waals surface area contributed by atoms with Gasteiger partial charge in [0.25, 0.3) is 0 Å². The number of phenols is 1. The Kier molecular flexibility index (Phi) is 4.96. The third kappa shape index (κ3) is 5.60. The van der Waals surface area contributed by atoms with E-state index in [0.29, 0.717) is 5.56 Å². The summed E-state index contributed by atoms with van der Waals surface area (Å²) in [4.78, 5) is 22.7. The van der Waals surface area contributed by atoms with Crippen LogP contribution in [0, 0.1) is 0 Å². The number of amides is 1. The number of carbonyl (C=O) groups is 2. The zero-order valence-electron chi connectivity index (χ0n) is 11.7. The van der Waals surface area contributed by atoms with Gasteiger partial charge < -0.3 is 20.3 Å². The number of alkyl carbamates (subject to hydrolysis) is 1. The molecule has 1 amide bonds. The molecule has 0 saturated heterocycles. The maximum absolute atomic E-state index is 11.6. The summed E-state index contributed by atoms with van der Waals surface area (Å²) in [6.07, 6.45) is -0.728. The van der Waals surface area contributed by atoms with Crippen LogP contribution >= 0.6 is 0 Å². The molecule has 1 atom stereocenters. The first-order valence-electron chi connectivity index (χ1n) is 6.17. The smallest absolute Gasteiger partial charge is 0.408 e. The molecule has 0 aliphatic rings. The largest absolute Gasteiger partial charge is 0.508 e. The van der Waals surface area contributed by atoms with E-state index in [2.05, 4.69) is 5.32 Å². The molecule has 0 spiro atoms. The van der Waals surface area contributed by atoms with Gasteiger partial charge in [-0.05, 0) is 38.5 Å². The summed E-state index contributed by atoms with van der Waals surface area (Å²) in [5, 5.41) is 20.8. The zero-order valence-corrected chi connectivity index (χ0v) is 11.7. The summed E-state index contributed by atoms with van der Waals surface area (Å²) in [5.41, 5.74) is -0.0912. The van der Waals surface area contributed by atoms with Crippen LogP contribution in [0.15, 0.2) is 24.3 Å². The van der Waals surface area contributed by atoms with E-state index in [4.69, 9.17) is 9.84 Å². The summed E-state index contributed by atoms with van der Waals surface area (Å²) < 4.78 is 5.02. The summed E-state index contributed by atoms with van der Waals surface area (Å²) in [7, 11) is 0. The fourth-order valence-corrected chi connectivity index (χ4v) is 1.57. The fourth-order valence-electron chi connectivity index (χ4n) is 1.57. The quantitative estimate of drug-likeness (QED) is 0.783. The molecule has 0 aromatic heterocycles. The lowest BCUT2D eigenvalue weighted by Gasteiger charge is -2.22. The van der Waals surface area contributed by atoms with E-state index in [1.54, 1.807) is 32.9 Å². The predicted molar refractivity (Wildman–Crippen MR) is 72.6 cm³/mol. The summed E-state index contributed by atoms with van der Waals surface area (Å²) in [6.45, 7) is 5.08. The van der Waals surface area contributed by atoms with Crippen LogP contribution in [0.25, 0.3) is 0 Å². The highest BCUT2D eigenvalue weighted by molar-refractivity contribution is 5.80. The lowest BCUT2D eigenvalue weighted by Crippen LogP contribution is -2.44. The molecule has 110 valence electrons. The number of benzene rings is 1. The SMILES string of the molecule is CC(C)(C)OC(=O)N[C@H](Cc1cccc(O)c1)C(=O)O. The Hall–Kier alpha value is -2.24. The van der Waals surface area contributed by atoms with Crippen molar-refractivity contribution in [2.45, 2.75) is 38.8 Å². The van der Waals surface area contributed by atoms with E-state index in [0.717, 1.165) is 0 Å². The number of nitrogens with one attached hydrogen (secondary N) is 1. The molecule has 0 aliphatic heterocycles. The molecule has 0 fully saturated rings. The van der Waals surface area contributed by atoms with Gasteiger partial charge in [0.15, 0.2) is 0 Å². The molecular weight excluding hydrogens is 262 g/mol. The molecule has 0 aliphatic carbocycles. The standard InChI is InChI=1S/C14H19NO5/c1-14(2,3)20-13(19)15-11(12(17)18)8-9-5-4-6-10(16)7-9/h4-7,11,16H,8H2,1-3H3,(H,15,19)(H,17,18)/t11-/m1/s1. The normalized spacial score (nSPS) is 12.6. The Balaban J connectivity index is 2.71. The second kappa shape index (κ2) is 6.27. The maximum atomic E-state index is 11.6. The lowest BCUT2D eigenvalue weighted by molar-refractivity contribution is -0.139. The highest BCUT2D eigenvalue weighted by Crippen LogP contribution is 2.13. The van der Waals surface area contributed by atoms with Gasteiger partial charge in [-0.2, -0.15) is 0 Å².